The van der Waals surface area contributed by atoms with Gasteiger partial charge in [-0.05, 0) is 133 Å². The van der Waals surface area contributed by atoms with E-state index in [4.69, 9.17) is 14.2 Å². The largest absolute Gasteiger partial charge is 0.478 e. The Morgan fingerprint density at radius 1 is 0.487 bits per heavy atom. The van der Waals surface area contributed by atoms with Crippen molar-refractivity contribution in [2.24, 2.45) is 0 Å². The number of ketones is 1. The van der Waals surface area contributed by atoms with E-state index in [2.05, 4.69) is 5.32 Å². The average Bonchev–Trinajstić information content (AvgIpc) is 3.41. The van der Waals surface area contributed by atoms with Crippen LogP contribution in [0.2, 0.25) is 0 Å². The second-order valence-electron chi connectivity index (χ2n) is 17.0. The van der Waals surface area contributed by atoms with Gasteiger partial charge >= 0.3 is 36.9 Å². The minimum absolute atomic E-state index is 0.0285. The standard InChI is InChI=1S/C51H35F15N2O10/c1-25(70)39-22-37(13-15-41(39)76-24-69)78-35-10-6-29(7-11-35)44(2,47(52,53)54)28-4-8-34(9-5-28)77-36-12-14-38(43(72)73)40(23-36)42(71)68-33-19-27(17-31(21-33)46(75,50(61,62)63)51(64,65)66)26-16-30(20-32(18-26)67-3)45(74,48(55,56)57)49(58,59)60/h4-24,67,74-75H,1-3H3,(H,68,71)(H,72,73). The van der Waals surface area contributed by atoms with E-state index in [9.17, 15) is 87.2 Å². The Bertz CT molecular complexity index is 3230. The first kappa shape index (κ1) is 58.9. The molecular weight excluding hydrogens is 1090 g/mol. The minimum atomic E-state index is -6.68. The normalized spacial score (nSPS) is 13.5. The van der Waals surface area contributed by atoms with Crippen LogP contribution in [0, 0.1) is 0 Å². The van der Waals surface area contributed by atoms with Crippen LogP contribution in [0.25, 0.3) is 11.1 Å². The first-order valence-corrected chi connectivity index (χ1v) is 21.7. The van der Waals surface area contributed by atoms with Crippen molar-refractivity contribution in [2.45, 2.75) is 61.3 Å². The zero-order chi connectivity index (χ0) is 58.4. The minimum Gasteiger partial charge on any atom is -0.478 e. The summed E-state index contributed by atoms with van der Waals surface area (Å²) in [5.74, 6) is -4.78. The Morgan fingerprint density at radius 3 is 1.27 bits per heavy atom. The molecular formula is C51H35F15N2O10. The molecule has 6 aromatic rings. The van der Waals surface area contributed by atoms with E-state index in [-0.39, 0.29) is 70.4 Å². The molecule has 0 aliphatic carbocycles. The second kappa shape index (κ2) is 20.9. The number of Topliss-reactive ketones (excluding diaryl/α,β-unsaturated/α-hetero) is 1. The predicted molar refractivity (Wildman–Crippen MR) is 243 cm³/mol. The molecule has 0 aliphatic rings. The van der Waals surface area contributed by atoms with Gasteiger partial charge in [-0.1, -0.05) is 24.3 Å². The Balaban J connectivity index is 1.36. The summed E-state index contributed by atoms with van der Waals surface area (Å²) < 4.78 is 231. The maximum absolute atomic E-state index is 15.0. The number of carbonyl (C=O) groups is 4. The second-order valence-corrected chi connectivity index (χ2v) is 17.0. The zero-order valence-electron chi connectivity index (χ0n) is 39.5. The Labute approximate surface area is 428 Å². The molecule has 0 saturated carbocycles. The first-order valence-electron chi connectivity index (χ1n) is 21.7. The van der Waals surface area contributed by atoms with Gasteiger partial charge < -0.3 is 40.2 Å². The van der Waals surface area contributed by atoms with Crippen molar-refractivity contribution in [1.82, 2.24) is 0 Å². The Kier molecular flexibility index (Phi) is 15.8. The summed E-state index contributed by atoms with van der Waals surface area (Å²) in [7, 11) is 0.917. The van der Waals surface area contributed by atoms with E-state index in [1.807, 2.05) is 0 Å². The van der Waals surface area contributed by atoms with Gasteiger partial charge in [0.05, 0.1) is 16.7 Å². The number of carboxylic acid groups (broad SMARTS) is 1. The van der Waals surface area contributed by atoms with Crippen LogP contribution < -0.4 is 24.8 Å². The number of nitrogens with one attached hydrogen (secondary N) is 2. The number of anilines is 2. The molecule has 1 unspecified atom stereocenters. The number of aliphatic hydroxyl groups is 2. The van der Waals surface area contributed by atoms with Gasteiger partial charge in [-0.2, -0.15) is 65.9 Å². The molecule has 0 fully saturated rings. The molecule has 6 rings (SSSR count). The van der Waals surface area contributed by atoms with Crippen LogP contribution in [0.4, 0.5) is 77.2 Å². The number of hydrogen-bond donors (Lipinski definition) is 5. The molecule has 414 valence electrons. The number of amides is 1. The van der Waals surface area contributed by atoms with Gasteiger partial charge in [0.25, 0.3) is 23.6 Å². The van der Waals surface area contributed by atoms with Gasteiger partial charge in [-0.15, -0.1) is 0 Å². The smallest absolute Gasteiger partial charge is 0.430 e. The van der Waals surface area contributed by atoms with Crippen molar-refractivity contribution >= 4 is 35.5 Å². The van der Waals surface area contributed by atoms with Crippen LogP contribution in [0.15, 0.2) is 121 Å². The summed E-state index contributed by atoms with van der Waals surface area (Å²) in [6.07, 6.45) is -31.5. The van der Waals surface area contributed by atoms with Crippen LogP contribution in [-0.4, -0.2) is 77.4 Å². The van der Waals surface area contributed by atoms with Gasteiger partial charge in [0.1, 0.15) is 34.2 Å². The molecule has 0 radical (unpaired) electrons. The number of halogens is 15. The molecule has 0 saturated heterocycles. The molecule has 0 heterocycles. The summed E-state index contributed by atoms with van der Waals surface area (Å²) in [6.45, 7) is 2.14. The fraction of sp³-hybridized carbons (Fsp3) is 0.216. The predicted octanol–water partition coefficient (Wildman–Crippen LogP) is 13.2. The maximum atomic E-state index is 15.0. The maximum Gasteiger partial charge on any atom is 0.430 e. The SMILES string of the molecule is CNc1cc(-c2cc(NC(=O)c3cc(Oc4ccc(C(C)(c5ccc(Oc6ccc(OC=O)c(C(C)=O)c6)cc5)C(F)(F)F)cc4)ccc3C(=O)O)cc(C(O)(C(F)(F)F)C(F)(F)F)c2)cc(C(O)(C(F)(F)F)C(F)(F)F)c1. The Morgan fingerprint density at radius 2 is 0.885 bits per heavy atom. The summed E-state index contributed by atoms with van der Waals surface area (Å²) in [5, 5.41) is 34.4. The number of benzene rings is 6. The van der Waals surface area contributed by atoms with Gasteiger partial charge in [-0.25, -0.2) is 4.79 Å². The lowest BCUT2D eigenvalue weighted by Crippen LogP contribution is -2.54. The third-order valence-corrected chi connectivity index (χ3v) is 12.1. The third-order valence-electron chi connectivity index (χ3n) is 12.1. The van der Waals surface area contributed by atoms with Crippen LogP contribution in [0.1, 0.15) is 67.2 Å². The van der Waals surface area contributed by atoms with Crippen molar-refractivity contribution in [2.75, 3.05) is 17.7 Å². The lowest BCUT2D eigenvalue weighted by molar-refractivity contribution is -0.376. The molecule has 27 heteroatoms. The van der Waals surface area contributed by atoms with E-state index in [0.29, 0.717) is 18.2 Å². The van der Waals surface area contributed by atoms with Crippen molar-refractivity contribution in [1.29, 1.82) is 0 Å². The van der Waals surface area contributed by atoms with Crippen LogP contribution >= 0.6 is 0 Å². The molecule has 78 heavy (non-hydrogen) atoms. The fourth-order valence-corrected chi connectivity index (χ4v) is 7.84. The number of hydrogen-bond acceptors (Lipinski definition) is 10. The molecule has 1 atom stereocenters. The molecule has 6 aromatic carbocycles. The highest BCUT2D eigenvalue weighted by Crippen LogP contribution is 2.54. The number of carboxylic acids is 1. The number of carbonyl (C=O) groups excluding carboxylic acids is 3. The highest BCUT2D eigenvalue weighted by molar-refractivity contribution is 6.11. The number of rotatable bonds is 16. The van der Waals surface area contributed by atoms with E-state index in [0.717, 1.165) is 62.5 Å². The van der Waals surface area contributed by atoms with E-state index < -0.39 is 116 Å². The molecule has 0 aliphatic heterocycles. The third kappa shape index (κ3) is 11.2. The summed E-state index contributed by atoms with van der Waals surface area (Å²) in [6, 6.07) is 15.6. The van der Waals surface area contributed by atoms with Crippen molar-refractivity contribution in [3.05, 3.63) is 160 Å². The van der Waals surface area contributed by atoms with Crippen molar-refractivity contribution < 1.29 is 115 Å². The van der Waals surface area contributed by atoms with E-state index in [1.54, 1.807) is 5.32 Å². The van der Waals surface area contributed by atoms with Gasteiger partial charge in [-0.3, -0.25) is 14.4 Å². The van der Waals surface area contributed by atoms with Crippen molar-refractivity contribution in [3.63, 3.8) is 0 Å². The van der Waals surface area contributed by atoms with Crippen LogP contribution in [0.5, 0.6) is 28.7 Å². The Hall–Kier alpha value is -8.33. The quantitative estimate of drug-likeness (QED) is 0.0353. The number of aromatic carboxylic acids is 1. The molecule has 0 spiro atoms. The summed E-state index contributed by atoms with van der Waals surface area (Å²) in [4.78, 5) is 49.0. The first-order chi connectivity index (χ1) is 35.9. The monoisotopic (exact) mass is 1120 g/mol. The summed E-state index contributed by atoms with van der Waals surface area (Å²) in [5.41, 5.74) is -25.4. The highest BCUT2D eigenvalue weighted by atomic mass is 19.4. The van der Waals surface area contributed by atoms with Crippen molar-refractivity contribution in [3.8, 4) is 39.9 Å². The number of alkyl halides is 15. The summed E-state index contributed by atoms with van der Waals surface area (Å²) >= 11 is 0. The topological polar surface area (TPSA) is 181 Å². The molecule has 5 N–H and O–H groups in total. The fourth-order valence-electron chi connectivity index (χ4n) is 7.84. The zero-order valence-corrected chi connectivity index (χ0v) is 39.5. The van der Waals surface area contributed by atoms with E-state index in [1.165, 1.54) is 37.3 Å². The van der Waals surface area contributed by atoms with Crippen LogP contribution in [-0.2, 0) is 21.4 Å². The van der Waals surface area contributed by atoms with Crippen LogP contribution in [0.3, 0.4) is 0 Å². The van der Waals surface area contributed by atoms with Gasteiger partial charge in [0, 0.05) is 29.5 Å². The van der Waals surface area contributed by atoms with E-state index >= 15 is 13.2 Å². The molecule has 0 aromatic heterocycles. The number of ether oxygens (including phenoxy) is 3. The highest BCUT2D eigenvalue weighted by Gasteiger charge is 2.72. The molecule has 0 bridgehead atoms. The van der Waals surface area contributed by atoms with Gasteiger partial charge in [0.2, 0.25) is 0 Å². The molecule has 1 amide bonds. The molecule has 12 nitrogen and oxygen atoms in total. The lowest BCUT2D eigenvalue weighted by atomic mass is 9.75. The average molecular weight is 1120 g/mol. The van der Waals surface area contributed by atoms with Gasteiger partial charge in [0.15, 0.2) is 5.78 Å². The lowest BCUT2D eigenvalue weighted by Gasteiger charge is -2.34.